The van der Waals surface area contributed by atoms with Gasteiger partial charge in [0.05, 0.1) is 13.2 Å². The Kier molecular flexibility index (Phi) is 5.13. The Morgan fingerprint density at radius 1 is 1.23 bits per heavy atom. The third-order valence-corrected chi connectivity index (χ3v) is 5.56. The van der Waals surface area contributed by atoms with E-state index in [1.54, 1.807) is 43.0 Å². The fourth-order valence-electron chi connectivity index (χ4n) is 4.26. The molecule has 1 N–H and O–H groups in total. The molecular weight excluding hydrogens is 403 g/mol. The van der Waals surface area contributed by atoms with Crippen LogP contribution >= 0.6 is 0 Å². The minimum absolute atomic E-state index is 0.171. The van der Waals surface area contributed by atoms with Crippen LogP contribution in [0.4, 0.5) is 20.6 Å². The van der Waals surface area contributed by atoms with Gasteiger partial charge in [0, 0.05) is 25.2 Å². The molecule has 1 saturated heterocycles. The number of nitrogens with one attached hydrogen (secondary N) is 1. The summed E-state index contributed by atoms with van der Waals surface area (Å²) in [5, 5.41) is 0. The van der Waals surface area contributed by atoms with Gasteiger partial charge in [-0.1, -0.05) is 0 Å². The molecule has 2 amide bonds. The van der Waals surface area contributed by atoms with Crippen LogP contribution in [0.2, 0.25) is 0 Å². The number of anilines is 1. The molecule has 1 unspecified atom stereocenters. The van der Waals surface area contributed by atoms with Crippen LogP contribution in [0.15, 0.2) is 34.6 Å². The number of amides is 2. The number of hydrogen-bond acceptors (Lipinski definition) is 5. The third-order valence-electron chi connectivity index (χ3n) is 5.56. The zero-order chi connectivity index (χ0) is 22.6. The van der Waals surface area contributed by atoms with E-state index in [1.807, 2.05) is 13.8 Å². The summed E-state index contributed by atoms with van der Waals surface area (Å²) in [7, 11) is 0. The first kappa shape index (κ1) is 21.5. The molecule has 1 aromatic carbocycles. The van der Waals surface area contributed by atoms with Gasteiger partial charge in [-0.2, -0.15) is 4.99 Å². The van der Waals surface area contributed by atoms with E-state index in [-0.39, 0.29) is 11.7 Å². The number of benzene rings is 1. The van der Waals surface area contributed by atoms with Crippen molar-refractivity contribution >= 4 is 29.7 Å². The highest BCUT2D eigenvalue weighted by atomic mass is 19.1. The summed E-state index contributed by atoms with van der Waals surface area (Å²) in [5.41, 5.74) is 0.226. The molecule has 0 radical (unpaired) electrons. The number of halogens is 1. The maximum Gasteiger partial charge on any atom is 0.363 e. The van der Waals surface area contributed by atoms with Gasteiger partial charge in [0.2, 0.25) is 5.70 Å². The molecule has 3 heterocycles. The van der Waals surface area contributed by atoms with Crippen LogP contribution in [-0.2, 0) is 14.3 Å². The van der Waals surface area contributed by atoms with Crippen LogP contribution < -0.4 is 9.80 Å². The zero-order valence-corrected chi connectivity index (χ0v) is 18.5. The van der Waals surface area contributed by atoms with E-state index in [1.165, 1.54) is 12.1 Å². The molecule has 8 nitrogen and oxygen atoms in total. The topological polar surface area (TPSA) is 75.9 Å². The molecule has 1 aromatic rings. The Labute approximate surface area is 180 Å². The first-order valence-corrected chi connectivity index (χ1v) is 10.4. The number of carbonyl (C=O) groups is 2. The van der Waals surface area contributed by atoms with Crippen LogP contribution in [0.1, 0.15) is 34.6 Å². The Balaban J connectivity index is 1.85. The molecule has 1 fully saturated rings. The minimum atomic E-state index is -0.964. The summed E-state index contributed by atoms with van der Waals surface area (Å²) < 4.78 is 25.2. The molecule has 166 valence electrons. The van der Waals surface area contributed by atoms with E-state index in [4.69, 9.17) is 9.47 Å². The Morgan fingerprint density at radius 2 is 1.90 bits per heavy atom. The number of rotatable bonds is 1. The van der Waals surface area contributed by atoms with Gasteiger partial charge in [0.25, 0.3) is 0 Å². The van der Waals surface area contributed by atoms with Crippen molar-refractivity contribution in [1.29, 1.82) is 0 Å². The van der Waals surface area contributed by atoms with Crippen LogP contribution in [-0.4, -0.2) is 60.7 Å². The van der Waals surface area contributed by atoms with Gasteiger partial charge in [-0.05, 0) is 40.7 Å². The van der Waals surface area contributed by atoms with Gasteiger partial charge in [-0.25, -0.2) is 18.9 Å². The standard InChI is InChI=1S/C22H27FN4O4/c1-21(2,3)31-19(28)17-18-22(4,5)27(20(29)25-8-10-30-11-9-25)16-12-14(23)6-7-15(16)26(18)13-24-17/h6-7,12-13H,8-11H2,1-5H3/p+1. The summed E-state index contributed by atoms with van der Waals surface area (Å²) in [6.07, 6.45) is 1.60. The van der Waals surface area contributed by atoms with E-state index < -0.39 is 22.9 Å². The average molecular weight is 431 g/mol. The smallest absolute Gasteiger partial charge is 0.363 e. The van der Waals surface area contributed by atoms with E-state index in [9.17, 15) is 14.0 Å². The van der Waals surface area contributed by atoms with Gasteiger partial charge in [0.15, 0.2) is 17.7 Å². The molecule has 1 atom stereocenters. The highest BCUT2D eigenvalue weighted by Gasteiger charge is 2.54. The monoisotopic (exact) mass is 431 g/mol. The van der Waals surface area contributed by atoms with Crippen LogP contribution in [0.3, 0.4) is 0 Å². The number of ether oxygens (including phenoxy) is 2. The average Bonchev–Trinajstić information content (AvgIpc) is 3.13. The molecule has 0 saturated carbocycles. The fourth-order valence-corrected chi connectivity index (χ4v) is 4.26. The van der Waals surface area contributed by atoms with Gasteiger partial charge >= 0.3 is 12.0 Å². The number of hydrogen-bond donors (Lipinski definition) is 1. The van der Waals surface area contributed by atoms with E-state index in [2.05, 4.69) is 4.99 Å². The molecule has 3 aliphatic rings. The number of carbonyl (C=O) groups excluding carboxylic acids is 2. The zero-order valence-electron chi connectivity index (χ0n) is 18.5. The maximum absolute atomic E-state index is 14.3. The second-order valence-electron chi connectivity index (χ2n) is 9.34. The Morgan fingerprint density at radius 3 is 2.55 bits per heavy atom. The lowest BCUT2D eigenvalue weighted by Crippen LogP contribution is -3.07. The number of aliphatic imine (C=N–C) groups is 1. The van der Waals surface area contributed by atoms with Crippen molar-refractivity contribution in [3.8, 4) is 0 Å². The van der Waals surface area contributed by atoms with Crippen LogP contribution in [0.25, 0.3) is 0 Å². The van der Waals surface area contributed by atoms with E-state index in [0.717, 1.165) is 0 Å². The molecule has 31 heavy (non-hydrogen) atoms. The highest BCUT2D eigenvalue weighted by Crippen LogP contribution is 2.40. The van der Waals surface area contributed by atoms with Crippen molar-refractivity contribution in [2.24, 2.45) is 4.99 Å². The summed E-state index contributed by atoms with van der Waals surface area (Å²) in [5.74, 6) is -0.990. The molecule has 0 spiro atoms. The van der Waals surface area contributed by atoms with Crippen LogP contribution in [0.5, 0.6) is 0 Å². The number of nitrogens with zero attached hydrogens (tertiary/aromatic N) is 3. The molecular formula is C22H28FN4O4+. The van der Waals surface area contributed by atoms with Crippen molar-refractivity contribution in [2.75, 3.05) is 31.2 Å². The lowest BCUT2D eigenvalue weighted by molar-refractivity contribution is -0.680. The number of quaternary nitrogens is 1. The number of esters is 1. The van der Waals surface area contributed by atoms with Crippen molar-refractivity contribution < 1.29 is 28.4 Å². The summed E-state index contributed by atoms with van der Waals surface area (Å²) >= 11 is 0. The fraction of sp³-hybridized carbons (Fsp3) is 0.500. The van der Waals surface area contributed by atoms with Crippen LogP contribution in [0, 0.1) is 5.82 Å². The lowest BCUT2D eigenvalue weighted by atomic mass is 9.90. The maximum atomic E-state index is 14.3. The lowest BCUT2D eigenvalue weighted by Gasteiger charge is -2.46. The number of fused-ring (bicyclic) bond motifs is 3. The van der Waals surface area contributed by atoms with Crippen molar-refractivity contribution in [3.63, 3.8) is 0 Å². The summed E-state index contributed by atoms with van der Waals surface area (Å²) in [6.45, 7) is 10.8. The summed E-state index contributed by atoms with van der Waals surface area (Å²) in [6, 6.07) is 4.07. The number of urea groups is 1. The first-order chi connectivity index (χ1) is 14.5. The largest absolute Gasteiger partial charge is 0.455 e. The first-order valence-electron chi connectivity index (χ1n) is 10.4. The molecule has 0 bridgehead atoms. The van der Waals surface area contributed by atoms with E-state index >= 15 is 0 Å². The van der Waals surface area contributed by atoms with Gasteiger partial charge in [-0.3, -0.25) is 4.90 Å². The van der Waals surface area contributed by atoms with Crippen molar-refractivity contribution in [1.82, 2.24) is 4.90 Å². The van der Waals surface area contributed by atoms with Gasteiger partial charge in [-0.15, -0.1) is 0 Å². The van der Waals surface area contributed by atoms with Gasteiger partial charge < -0.3 is 14.4 Å². The highest BCUT2D eigenvalue weighted by molar-refractivity contribution is 6.00. The van der Waals surface area contributed by atoms with E-state index in [0.29, 0.717) is 48.3 Å². The Hall–Kier alpha value is -2.78. The predicted octanol–water partition coefficient (Wildman–Crippen LogP) is 1.99. The minimum Gasteiger partial charge on any atom is -0.455 e. The van der Waals surface area contributed by atoms with Crippen molar-refractivity contribution in [3.05, 3.63) is 35.4 Å². The molecule has 3 aliphatic heterocycles. The summed E-state index contributed by atoms with van der Waals surface area (Å²) in [4.78, 5) is 34.9. The second-order valence-corrected chi connectivity index (χ2v) is 9.34. The molecule has 0 aliphatic carbocycles. The normalized spacial score (nSPS) is 22.3. The van der Waals surface area contributed by atoms with Crippen molar-refractivity contribution in [2.45, 2.75) is 45.8 Å². The molecule has 4 rings (SSSR count). The van der Waals surface area contributed by atoms with Gasteiger partial charge in [0.1, 0.15) is 22.6 Å². The SMILES string of the molecule is CC(C)(C)OC(=O)C1=C2[NH+](C=N1)c1ccc(F)cc1N(C(=O)N1CCOCC1)C2(C)C. The third kappa shape index (κ3) is 3.72. The molecule has 9 heteroatoms. The number of morpholine rings is 1. The second kappa shape index (κ2) is 7.42. The predicted molar refractivity (Wildman–Crippen MR) is 113 cm³/mol. The quantitative estimate of drug-likeness (QED) is 0.690. The Bertz CT molecular complexity index is 990. The molecule has 0 aromatic heterocycles.